The molecular formula is C17H19FN2O. The van der Waals surface area contributed by atoms with E-state index in [4.69, 9.17) is 0 Å². The Bertz CT molecular complexity index is 663. The van der Waals surface area contributed by atoms with Gasteiger partial charge in [-0.05, 0) is 49.8 Å². The Morgan fingerprint density at radius 2 is 2.05 bits per heavy atom. The normalized spacial score (nSPS) is 22.2. The first-order valence-corrected chi connectivity index (χ1v) is 7.48. The lowest BCUT2D eigenvalue weighted by Crippen LogP contribution is -2.37. The second kappa shape index (κ2) is 5.80. The molecule has 4 heteroatoms. The molecule has 0 aliphatic heterocycles. The molecule has 3 rings (SSSR count). The molecule has 21 heavy (non-hydrogen) atoms. The van der Waals surface area contributed by atoms with Gasteiger partial charge in [-0.15, -0.1) is 0 Å². The summed E-state index contributed by atoms with van der Waals surface area (Å²) in [5, 5.41) is 3.43. The summed E-state index contributed by atoms with van der Waals surface area (Å²) in [4.78, 5) is 16.4. The number of carbonyl (C=O) groups excluding carboxylic acids is 1. The van der Waals surface area contributed by atoms with Gasteiger partial charge in [-0.2, -0.15) is 0 Å². The molecule has 1 saturated carbocycles. The summed E-state index contributed by atoms with van der Waals surface area (Å²) in [5.74, 6) is 0.239. The first-order valence-electron chi connectivity index (χ1n) is 7.48. The van der Waals surface area contributed by atoms with Crippen LogP contribution in [0.15, 0.2) is 30.5 Å². The summed E-state index contributed by atoms with van der Waals surface area (Å²) in [6, 6.07) is 6.55. The minimum Gasteiger partial charge on any atom is -0.349 e. The van der Waals surface area contributed by atoms with Crippen molar-refractivity contribution in [3.8, 4) is 0 Å². The highest BCUT2D eigenvalue weighted by Gasteiger charge is 2.20. The van der Waals surface area contributed by atoms with Gasteiger partial charge < -0.3 is 5.32 Å². The van der Waals surface area contributed by atoms with Crippen molar-refractivity contribution < 1.29 is 9.18 Å². The predicted molar refractivity (Wildman–Crippen MR) is 80.6 cm³/mol. The van der Waals surface area contributed by atoms with Crippen molar-refractivity contribution >= 4 is 16.8 Å². The van der Waals surface area contributed by atoms with E-state index in [9.17, 15) is 9.18 Å². The molecule has 2 aromatic rings. The number of nitrogens with zero attached hydrogens (tertiary/aromatic N) is 1. The fraction of sp³-hybridized carbons (Fsp3) is 0.412. The number of fused-ring (bicyclic) bond motifs is 1. The van der Waals surface area contributed by atoms with Crippen molar-refractivity contribution in [3.05, 3.63) is 41.8 Å². The van der Waals surface area contributed by atoms with E-state index >= 15 is 0 Å². The third-order valence-electron chi connectivity index (χ3n) is 4.29. The number of nitrogens with one attached hydrogen (secondary N) is 1. The summed E-state index contributed by atoms with van der Waals surface area (Å²) in [6.45, 7) is 2.24. The second-order valence-electron chi connectivity index (χ2n) is 5.96. The van der Waals surface area contributed by atoms with Gasteiger partial charge in [0.1, 0.15) is 5.82 Å². The van der Waals surface area contributed by atoms with Gasteiger partial charge in [0.05, 0.1) is 11.1 Å². The smallest absolute Gasteiger partial charge is 0.253 e. The fourth-order valence-electron chi connectivity index (χ4n) is 2.91. The van der Waals surface area contributed by atoms with Crippen molar-refractivity contribution in [3.63, 3.8) is 0 Å². The molecule has 1 fully saturated rings. The minimum atomic E-state index is -0.346. The van der Waals surface area contributed by atoms with E-state index in [0.29, 0.717) is 16.5 Å². The molecule has 1 aromatic carbocycles. The van der Waals surface area contributed by atoms with Crippen molar-refractivity contribution in [1.29, 1.82) is 0 Å². The first-order chi connectivity index (χ1) is 10.1. The zero-order valence-electron chi connectivity index (χ0n) is 12.1. The van der Waals surface area contributed by atoms with Crippen molar-refractivity contribution in [2.75, 3.05) is 0 Å². The first kappa shape index (κ1) is 14.0. The van der Waals surface area contributed by atoms with Gasteiger partial charge in [0.25, 0.3) is 5.91 Å². The Morgan fingerprint density at radius 1 is 1.29 bits per heavy atom. The molecule has 0 bridgehead atoms. The van der Waals surface area contributed by atoms with E-state index in [2.05, 4.69) is 17.2 Å². The van der Waals surface area contributed by atoms with Crippen LogP contribution in [0.2, 0.25) is 0 Å². The van der Waals surface area contributed by atoms with Crippen LogP contribution in [0.25, 0.3) is 10.9 Å². The highest BCUT2D eigenvalue weighted by atomic mass is 19.1. The monoisotopic (exact) mass is 286 g/mol. The topological polar surface area (TPSA) is 42.0 Å². The third kappa shape index (κ3) is 3.04. The average Bonchev–Trinajstić information content (AvgIpc) is 2.50. The maximum Gasteiger partial charge on any atom is 0.253 e. The van der Waals surface area contributed by atoms with E-state index in [1.54, 1.807) is 18.2 Å². The molecule has 0 unspecified atom stereocenters. The van der Waals surface area contributed by atoms with Gasteiger partial charge in [-0.25, -0.2) is 4.39 Å². The molecule has 110 valence electrons. The molecule has 0 saturated heterocycles. The highest BCUT2D eigenvalue weighted by molar-refractivity contribution is 5.97. The number of benzene rings is 1. The van der Waals surface area contributed by atoms with E-state index in [0.717, 1.165) is 31.6 Å². The largest absolute Gasteiger partial charge is 0.349 e. The molecule has 1 amide bonds. The maximum atomic E-state index is 13.8. The van der Waals surface area contributed by atoms with Crippen LogP contribution >= 0.6 is 0 Å². The van der Waals surface area contributed by atoms with Crippen molar-refractivity contribution in [2.45, 2.75) is 38.6 Å². The van der Waals surface area contributed by atoms with Gasteiger partial charge >= 0.3 is 0 Å². The number of halogens is 1. The quantitative estimate of drug-likeness (QED) is 0.915. The summed E-state index contributed by atoms with van der Waals surface area (Å²) in [7, 11) is 0. The van der Waals surface area contributed by atoms with E-state index in [1.807, 2.05) is 0 Å². The number of pyridine rings is 1. The fourth-order valence-corrected chi connectivity index (χ4v) is 2.91. The lowest BCUT2D eigenvalue weighted by Gasteiger charge is -2.26. The van der Waals surface area contributed by atoms with Crippen LogP contribution in [-0.2, 0) is 0 Å². The Labute approximate surface area is 123 Å². The van der Waals surface area contributed by atoms with E-state index in [-0.39, 0.29) is 17.8 Å². The predicted octanol–water partition coefficient (Wildman–Crippen LogP) is 3.68. The molecule has 1 heterocycles. The third-order valence-corrected chi connectivity index (χ3v) is 4.29. The molecule has 0 atom stereocenters. The lowest BCUT2D eigenvalue weighted by molar-refractivity contribution is 0.0923. The van der Waals surface area contributed by atoms with Crippen molar-refractivity contribution in [1.82, 2.24) is 10.3 Å². The van der Waals surface area contributed by atoms with Crippen LogP contribution in [-0.4, -0.2) is 16.9 Å². The van der Waals surface area contributed by atoms with Crippen LogP contribution in [0.5, 0.6) is 0 Å². The second-order valence-corrected chi connectivity index (χ2v) is 5.96. The standard InChI is InChI=1S/C17H19FN2O/c1-11-5-7-13(8-6-11)20-17(21)12-9-14-15(18)3-2-4-16(14)19-10-12/h2-4,9-11,13H,5-8H2,1H3,(H,20,21)/t11-,13-. The van der Waals surface area contributed by atoms with Crippen LogP contribution in [0.1, 0.15) is 43.0 Å². The number of hydrogen-bond acceptors (Lipinski definition) is 2. The molecule has 0 radical (unpaired) electrons. The van der Waals surface area contributed by atoms with Crippen LogP contribution in [0, 0.1) is 11.7 Å². The van der Waals surface area contributed by atoms with E-state index in [1.165, 1.54) is 12.3 Å². The van der Waals surface area contributed by atoms with Gasteiger partial charge in [0.2, 0.25) is 0 Å². The average molecular weight is 286 g/mol. The molecule has 1 aliphatic carbocycles. The Kier molecular flexibility index (Phi) is 3.86. The van der Waals surface area contributed by atoms with Crippen molar-refractivity contribution in [2.24, 2.45) is 5.92 Å². The van der Waals surface area contributed by atoms with Gasteiger partial charge in [-0.1, -0.05) is 13.0 Å². The molecule has 0 spiro atoms. The summed E-state index contributed by atoms with van der Waals surface area (Å²) >= 11 is 0. The SMILES string of the molecule is C[C@H]1CC[C@H](NC(=O)c2cnc3cccc(F)c3c2)CC1. The summed E-state index contributed by atoms with van der Waals surface area (Å²) in [5.41, 5.74) is 0.990. The van der Waals surface area contributed by atoms with Gasteiger partial charge in [0.15, 0.2) is 0 Å². The molecule has 1 N–H and O–H groups in total. The summed E-state index contributed by atoms with van der Waals surface area (Å²) < 4.78 is 13.8. The van der Waals surface area contributed by atoms with Crippen LogP contribution in [0.4, 0.5) is 4.39 Å². The minimum absolute atomic E-state index is 0.160. The Hall–Kier alpha value is -1.97. The summed E-state index contributed by atoms with van der Waals surface area (Å²) in [6.07, 6.45) is 5.85. The zero-order chi connectivity index (χ0) is 14.8. The molecule has 1 aromatic heterocycles. The van der Waals surface area contributed by atoms with Gasteiger partial charge in [0, 0.05) is 17.6 Å². The lowest BCUT2D eigenvalue weighted by atomic mass is 9.87. The van der Waals surface area contributed by atoms with Crippen LogP contribution in [0.3, 0.4) is 0 Å². The highest BCUT2D eigenvalue weighted by Crippen LogP contribution is 2.24. The number of hydrogen-bond donors (Lipinski definition) is 1. The van der Waals surface area contributed by atoms with Gasteiger partial charge in [-0.3, -0.25) is 9.78 Å². The zero-order valence-corrected chi connectivity index (χ0v) is 12.1. The van der Waals surface area contributed by atoms with E-state index < -0.39 is 0 Å². The number of rotatable bonds is 2. The molecule has 1 aliphatic rings. The Morgan fingerprint density at radius 3 is 2.81 bits per heavy atom. The number of carbonyl (C=O) groups is 1. The Balaban J connectivity index is 1.77. The molecular weight excluding hydrogens is 267 g/mol. The molecule has 3 nitrogen and oxygen atoms in total. The number of amides is 1. The maximum absolute atomic E-state index is 13.8. The number of aromatic nitrogens is 1. The van der Waals surface area contributed by atoms with Crippen LogP contribution < -0.4 is 5.32 Å².